The van der Waals surface area contributed by atoms with Crippen LogP contribution in [0.3, 0.4) is 0 Å². The number of nitrogens with one attached hydrogen (secondary N) is 1. The van der Waals surface area contributed by atoms with Gasteiger partial charge < -0.3 is 5.32 Å². The van der Waals surface area contributed by atoms with Gasteiger partial charge in [-0.3, -0.25) is 4.79 Å². The van der Waals surface area contributed by atoms with Crippen LogP contribution >= 0.6 is 11.8 Å². The first-order valence-electron chi connectivity index (χ1n) is 4.18. The Hall–Kier alpha value is -1.47. The van der Waals surface area contributed by atoms with Crippen LogP contribution in [0.1, 0.15) is 13.8 Å². The van der Waals surface area contributed by atoms with E-state index in [0.29, 0.717) is 10.5 Å². The summed E-state index contributed by atoms with van der Waals surface area (Å²) in [5.74, 6) is 0. The van der Waals surface area contributed by atoms with Crippen molar-refractivity contribution < 1.29 is 4.79 Å². The molecule has 74 valence electrons. The van der Waals surface area contributed by atoms with Crippen LogP contribution in [0.2, 0.25) is 0 Å². The van der Waals surface area contributed by atoms with Gasteiger partial charge in [0.15, 0.2) is 0 Å². The highest BCUT2D eigenvalue weighted by atomic mass is 32.2. The minimum absolute atomic E-state index is 0.225. The van der Waals surface area contributed by atoms with Gasteiger partial charge in [-0.1, -0.05) is 20.4 Å². The summed E-state index contributed by atoms with van der Waals surface area (Å²) < 4.78 is 0. The number of amides is 1. The fraction of sp³-hybridized carbons (Fsp3) is 0.200. The lowest BCUT2D eigenvalue weighted by Crippen LogP contribution is -2.12. The van der Waals surface area contributed by atoms with Gasteiger partial charge in [0, 0.05) is 11.1 Å². The number of carbonyl (C=O) groups excluding carboxylic acids is 1. The third-order valence-corrected chi connectivity index (χ3v) is 1.85. The molecule has 0 aromatic heterocycles. The van der Waals surface area contributed by atoms with Gasteiger partial charge in [-0.15, -0.1) is 0 Å². The third kappa shape index (κ3) is 4.53. The quantitative estimate of drug-likeness (QED) is 0.666. The van der Waals surface area contributed by atoms with E-state index in [9.17, 15) is 4.79 Å². The highest BCUT2D eigenvalue weighted by Gasteiger charge is 2.04. The molecule has 0 bridgehead atoms. The molecular weight excluding hydrogens is 196 g/mol. The number of allylic oxidation sites excluding steroid dienone is 3. The normalized spacial score (nSPS) is 21.1. The van der Waals surface area contributed by atoms with Gasteiger partial charge in [0.2, 0.25) is 0 Å². The molecule has 1 heterocycles. The predicted molar refractivity (Wildman–Crippen MR) is 59.4 cm³/mol. The number of hydrogen-bond acceptors (Lipinski definition) is 3. The second kappa shape index (κ2) is 6.98. The maximum Gasteiger partial charge on any atom is 0.287 e. The first-order chi connectivity index (χ1) is 6.72. The number of hydrogen-bond donors (Lipinski definition) is 1. The van der Waals surface area contributed by atoms with E-state index < -0.39 is 0 Å². The van der Waals surface area contributed by atoms with E-state index in [-0.39, 0.29) is 5.24 Å². The molecule has 0 saturated carbocycles. The summed E-state index contributed by atoms with van der Waals surface area (Å²) in [6.45, 7) is 7.61. The van der Waals surface area contributed by atoms with Crippen LogP contribution in [-0.4, -0.2) is 5.24 Å². The van der Waals surface area contributed by atoms with Gasteiger partial charge in [-0.05, 0) is 23.9 Å². The molecule has 1 aliphatic rings. The molecule has 1 rings (SSSR count). The highest BCUT2D eigenvalue weighted by Crippen LogP contribution is 2.17. The molecule has 1 N–H and O–H groups in total. The molecule has 0 aromatic rings. The molecule has 0 aliphatic carbocycles. The third-order valence-electron chi connectivity index (χ3n) is 1.15. The first-order valence-corrected chi connectivity index (χ1v) is 4.99. The maximum absolute atomic E-state index is 10.9. The standard InChI is InChI=1S/C8H6N2OS.C2H6/c1-6-2-3-7(4-9)5-10-8(11)12-6;1-2/h2-3,5H,1H2,(H,10,11);1-2H3/b3-2-,7-5+;. The number of nitrogens with zero attached hydrogens (tertiary/aromatic N) is 1. The number of nitriles is 1. The maximum atomic E-state index is 10.9. The Morgan fingerprint density at radius 1 is 1.50 bits per heavy atom. The van der Waals surface area contributed by atoms with Crippen LogP contribution in [0.15, 0.2) is 35.4 Å². The Kier molecular flexibility index (Phi) is 6.25. The zero-order valence-corrected chi connectivity index (χ0v) is 9.02. The zero-order valence-electron chi connectivity index (χ0n) is 8.20. The predicted octanol–water partition coefficient (Wildman–Crippen LogP) is 2.95. The van der Waals surface area contributed by atoms with Crippen molar-refractivity contribution in [2.45, 2.75) is 13.8 Å². The first kappa shape index (κ1) is 12.5. The molecule has 0 spiro atoms. The topological polar surface area (TPSA) is 52.9 Å². The second-order valence-electron chi connectivity index (χ2n) is 2.04. The van der Waals surface area contributed by atoms with Crippen LogP contribution in [0.5, 0.6) is 0 Å². The van der Waals surface area contributed by atoms with Gasteiger partial charge in [0.1, 0.15) is 6.07 Å². The fourth-order valence-electron chi connectivity index (χ4n) is 0.620. The van der Waals surface area contributed by atoms with Crippen molar-refractivity contribution >= 4 is 17.0 Å². The number of thioether (sulfide) groups is 1. The minimum Gasteiger partial charge on any atom is -0.322 e. The summed E-state index contributed by atoms with van der Waals surface area (Å²) >= 11 is 1.00. The van der Waals surface area contributed by atoms with E-state index in [1.807, 2.05) is 19.9 Å². The van der Waals surface area contributed by atoms with E-state index in [1.54, 1.807) is 12.2 Å². The lowest BCUT2D eigenvalue weighted by molar-refractivity contribution is 0.263. The lowest BCUT2D eigenvalue weighted by atomic mass is 10.3. The summed E-state index contributed by atoms with van der Waals surface area (Å²) in [5.41, 5.74) is 0.407. The smallest absolute Gasteiger partial charge is 0.287 e. The summed E-state index contributed by atoms with van der Waals surface area (Å²) in [5, 5.41) is 10.7. The average Bonchev–Trinajstić information content (AvgIpc) is 2.18. The monoisotopic (exact) mass is 208 g/mol. The summed E-state index contributed by atoms with van der Waals surface area (Å²) in [6.07, 6.45) is 4.62. The minimum atomic E-state index is -0.225. The Labute approximate surface area is 88.2 Å². The molecule has 1 amide bonds. The Bertz CT molecular complexity index is 324. The molecule has 1 aliphatic heterocycles. The van der Waals surface area contributed by atoms with E-state index >= 15 is 0 Å². The van der Waals surface area contributed by atoms with Gasteiger partial charge in [0.25, 0.3) is 5.24 Å². The molecule has 0 atom stereocenters. The number of rotatable bonds is 0. The molecular formula is C10H12N2OS. The van der Waals surface area contributed by atoms with Crippen LogP contribution in [-0.2, 0) is 0 Å². The van der Waals surface area contributed by atoms with Gasteiger partial charge in [-0.2, -0.15) is 5.26 Å². The average molecular weight is 208 g/mol. The van der Waals surface area contributed by atoms with Crippen LogP contribution in [0, 0.1) is 11.3 Å². The lowest BCUT2D eigenvalue weighted by Gasteiger charge is -2.02. The summed E-state index contributed by atoms with van der Waals surface area (Å²) in [7, 11) is 0. The molecule has 4 heteroatoms. The summed E-state index contributed by atoms with van der Waals surface area (Å²) in [6, 6.07) is 1.92. The van der Waals surface area contributed by atoms with Crippen molar-refractivity contribution in [2.75, 3.05) is 0 Å². The van der Waals surface area contributed by atoms with E-state index in [2.05, 4.69) is 11.9 Å². The molecule has 0 aromatic carbocycles. The Morgan fingerprint density at radius 3 is 2.71 bits per heavy atom. The van der Waals surface area contributed by atoms with E-state index in [0.717, 1.165) is 11.8 Å². The molecule has 0 fully saturated rings. The SMILES string of the molecule is C=C1/C=C\C(C#N)=C/NC(=O)S1.CC. The van der Waals surface area contributed by atoms with Crippen molar-refractivity contribution in [3.05, 3.63) is 35.4 Å². The second-order valence-corrected chi connectivity index (χ2v) is 3.14. The molecule has 0 radical (unpaired) electrons. The van der Waals surface area contributed by atoms with Crippen LogP contribution < -0.4 is 5.32 Å². The fourth-order valence-corrected chi connectivity index (χ4v) is 1.11. The largest absolute Gasteiger partial charge is 0.322 e. The van der Waals surface area contributed by atoms with Crippen molar-refractivity contribution in [2.24, 2.45) is 0 Å². The van der Waals surface area contributed by atoms with Gasteiger partial charge in [-0.25, -0.2) is 0 Å². The summed E-state index contributed by atoms with van der Waals surface area (Å²) in [4.78, 5) is 11.5. The van der Waals surface area contributed by atoms with E-state index in [4.69, 9.17) is 5.26 Å². The van der Waals surface area contributed by atoms with Crippen molar-refractivity contribution in [1.29, 1.82) is 5.26 Å². The van der Waals surface area contributed by atoms with Gasteiger partial charge in [0.05, 0.1) is 5.57 Å². The van der Waals surface area contributed by atoms with Crippen molar-refractivity contribution in [3.63, 3.8) is 0 Å². The van der Waals surface area contributed by atoms with Gasteiger partial charge >= 0.3 is 0 Å². The molecule has 14 heavy (non-hydrogen) atoms. The number of carbonyl (C=O) groups is 1. The molecule has 3 nitrogen and oxygen atoms in total. The molecule has 0 unspecified atom stereocenters. The van der Waals surface area contributed by atoms with Crippen molar-refractivity contribution in [3.8, 4) is 6.07 Å². The zero-order chi connectivity index (χ0) is 11.0. The molecule has 0 saturated heterocycles. The van der Waals surface area contributed by atoms with Crippen molar-refractivity contribution in [1.82, 2.24) is 5.32 Å². The van der Waals surface area contributed by atoms with E-state index in [1.165, 1.54) is 6.20 Å². The van der Waals surface area contributed by atoms with Crippen LogP contribution in [0.25, 0.3) is 0 Å². The highest BCUT2D eigenvalue weighted by molar-refractivity contribution is 8.17. The Morgan fingerprint density at radius 2 is 2.14 bits per heavy atom. The van der Waals surface area contributed by atoms with Crippen LogP contribution in [0.4, 0.5) is 4.79 Å². The Balaban J connectivity index is 0.000000791.